The molecule has 0 saturated carbocycles. The van der Waals surface area contributed by atoms with E-state index < -0.39 is 35.3 Å². The van der Waals surface area contributed by atoms with Crippen molar-refractivity contribution in [1.29, 1.82) is 0 Å². The molecule has 1 aromatic heterocycles. The van der Waals surface area contributed by atoms with Gasteiger partial charge in [0, 0.05) is 4.88 Å². The van der Waals surface area contributed by atoms with Crippen molar-refractivity contribution >= 4 is 34.8 Å². The molecule has 2 amide bonds. The van der Waals surface area contributed by atoms with Gasteiger partial charge in [-0.1, -0.05) is 36.4 Å². The number of imide groups is 1. The average molecular weight is 477 g/mol. The molecule has 0 unspecified atom stereocenters. The second-order valence-electron chi connectivity index (χ2n) is 8.25. The number of esters is 1. The topological polar surface area (TPSA) is 84.9 Å². The first kappa shape index (κ1) is 22.3. The fourth-order valence-corrected chi connectivity index (χ4v) is 5.99. The van der Waals surface area contributed by atoms with Crippen LogP contribution in [0.15, 0.2) is 72.1 Å². The monoisotopic (exact) mass is 476 g/mol. The highest BCUT2D eigenvalue weighted by atomic mass is 32.1. The van der Waals surface area contributed by atoms with E-state index in [1.54, 1.807) is 48.5 Å². The first-order chi connectivity index (χ1) is 16.5. The van der Waals surface area contributed by atoms with Gasteiger partial charge in [0.05, 0.1) is 37.3 Å². The molecule has 2 aliphatic heterocycles. The number of nitrogens with one attached hydrogen (secondary N) is 1. The third kappa shape index (κ3) is 3.25. The molecule has 2 fully saturated rings. The number of rotatable bonds is 6. The van der Waals surface area contributed by atoms with E-state index in [1.165, 1.54) is 23.3 Å². The summed E-state index contributed by atoms with van der Waals surface area (Å²) in [6.07, 6.45) is 0. The standard InChI is InChI=1S/C26H24N2O5S/c1-3-33-18-13-11-17(12-14-18)28-23(29)20-21(24(28)30)26(25(31)32-2,16-8-5-4-6-9-16)27-22(20)19-10-7-15-34-19/h4-15,20-22,27H,3H2,1-2H3/t20-,21-,22-,26+/m0/s1. The molecule has 5 rings (SSSR count). The summed E-state index contributed by atoms with van der Waals surface area (Å²) < 4.78 is 10.7. The van der Waals surface area contributed by atoms with E-state index in [1.807, 2.05) is 30.5 Å². The van der Waals surface area contributed by atoms with Gasteiger partial charge in [0.15, 0.2) is 5.54 Å². The average Bonchev–Trinajstić information content (AvgIpc) is 3.57. The minimum Gasteiger partial charge on any atom is -0.494 e. The molecule has 4 atom stereocenters. The lowest BCUT2D eigenvalue weighted by atomic mass is 9.75. The van der Waals surface area contributed by atoms with Crippen LogP contribution in [-0.4, -0.2) is 31.5 Å². The van der Waals surface area contributed by atoms with Crippen molar-refractivity contribution in [3.8, 4) is 5.75 Å². The normalized spacial score (nSPS) is 25.9. The molecule has 2 aromatic carbocycles. The van der Waals surface area contributed by atoms with Crippen LogP contribution in [0.25, 0.3) is 0 Å². The van der Waals surface area contributed by atoms with Crippen LogP contribution in [-0.2, 0) is 24.7 Å². The van der Waals surface area contributed by atoms with Gasteiger partial charge in [-0.2, -0.15) is 0 Å². The first-order valence-electron chi connectivity index (χ1n) is 11.1. The number of amides is 2. The van der Waals surface area contributed by atoms with Gasteiger partial charge in [0.2, 0.25) is 11.8 Å². The molecule has 34 heavy (non-hydrogen) atoms. The molecule has 0 aliphatic carbocycles. The van der Waals surface area contributed by atoms with Gasteiger partial charge in [-0.15, -0.1) is 11.3 Å². The molecular weight excluding hydrogens is 452 g/mol. The summed E-state index contributed by atoms with van der Waals surface area (Å²) in [7, 11) is 1.30. The molecule has 2 saturated heterocycles. The summed E-state index contributed by atoms with van der Waals surface area (Å²) in [5.74, 6) is -2.45. The minimum absolute atomic E-state index is 0.341. The number of carbonyl (C=O) groups is 3. The third-order valence-electron chi connectivity index (χ3n) is 6.55. The maximum absolute atomic E-state index is 14.0. The lowest BCUT2D eigenvalue weighted by molar-refractivity contribution is -0.152. The number of ether oxygens (including phenoxy) is 2. The number of carbonyl (C=O) groups excluding carboxylic acids is 3. The van der Waals surface area contributed by atoms with Crippen LogP contribution in [0.1, 0.15) is 23.4 Å². The zero-order valence-electron chi connectivity index (χ0n) is 18.8. The number of fused-ring (bicyclic) bond motifs is 1. The molecule has 3 heterocycles. The Balaban J connectivity index is 1.66. The van der Waals surface area contributed by atoms with Crippen molar-refractivity contribution < 1.29 is 23.9 Å². The van der Waals surface area contributed by atoms with E-state index >= 15 is 0 Å². The molecule has 3 aromatic rings. The Morgan fingerprint density at radius 2 is 1.76 bits per heavy atom. The van der Waals surface area contributed by atoms with E-state index in [4.69, 9.17) is 9.47 Å². The Kier molecular flexibility index (Phi) is 5.71. The molecule has 8 heteroatoms. The first-order valence-corrected chi connectivity index (χ1v) is 12.0. The van der Waals surface area contributed by atoms with Crippen LogP contribution >= 0.6 is 11.3 Å². The van der Waals surface area contributed by atoms with Gasteiger partial charge in [-0.05, 0) is 48.2 Å². The van der Waals surface area contributed by atoms with E-state index in [2.05, 4.69) is 5.32 Å². The molecular formula is C26H24N2O5S. The molecule has 0 spiro atoms. The highest BCUT2D eigenvalue weighted by Crippen LogP contribution is 2.54. The van der Waals surface area contributed by atoms with Crippen LogP contribution in [0.2, 0.25) is 0 Å². The number of methoxy groups -OCH3 is 1. The Labute approximate surface area is 201 Å². The molecule has 0 bridgehead atoms. The lowest BCUT2D eigenvalue weighted by Crippen LogP contribution is -2.53. The zero-order chi connectivity index (χ0) is 23.9. The number of anilines is 1. The highest BCUT2D eigenvalue weighted by Gasteiger charge is 2.69. The quantitative estimate of drug-likeness (QED) is 0.432. The Morgan fingerprint density at radius 3 is 2.38 bits per heavy atom. The SMILES string of the molecule is CCOc1ccc(N2C(=O)[C@H]3[C@@H](C2=O)[C@@](C(=O)OC)(c2ccccc2)N[C@H]3c2cccs2)cc1. The Bertz CT molecular complexity index is 1210. The van der Waals surface area contributed by atoms with E-state index in [0.29, 0.717) is 23.6 Å². The lowest BCUT2D eigenvalue weighted by Gasteiger charge is -2.32. The van der Waals surface area contributed by atoms with E-state index in [0.717, 1.165) is 4.88 Å². The Morgan fingerprint density at radius 1 is 1.03 bits per heavy atom. The summed E-state index contributed by atoms with van der Waals surface area (Å²) >= 11 is 1.48. The van der Waals surface area contributed by atoms with E-state index in [9.17, 15) is 14.4 Å². The van der Waals surface area contributed by atoms with Crippen molar-refractivity contribution in [3.63, 3.8) is 0 Å². The summed E-state index contributed by atoms with van der Waals surface area (Å²) in [5, 5.41) is 5.30. The van der Waals surface area contributed by atoms with Crippen molar-refractivity contribution in [1.82, 2.24) is 5.32 Å². The fourth-order valence-electron chi connectivity index (χ4n) is 5.16. The van der Waals surface area contributed by atoms with Crippen LogP contribution in [0.3, 0.4) is 0 Å². The second kappa shape index (κ2) is 8.70. The van der Waals surface area contributed by atoms with Crippen LogP contribution in [0.5, 0.6) is 5.75 Å². The molecule has 174 valence electrons. The number of nitrogens with zero attached hydrogens (tertiary/aromatic N) is 1. The second-order valence-corrected chi connectivity index (χ2v) is 9.22. The number of hydrogen-bond acceptors (Lipinski definition) is 7. The van der Waals surface area contributed by atoms with Gasteiger partial charge >= 0.3 is 5.97 Å². The van der Waals surface area contributed by atoms with Crippen molar-refractivity contribution in [2.24, 2.45) is 11.8 Å². The van der Waals surface area contributed by atoms with Gasteiger partial charge in [0.1, 0.15) is 5.75 Å². The maximum Gasteiger partial charge on any atom is 0.331 e. The molecule has 7 nitrogen and oxygen atoms in total. The van der Waals surface area contributed by atoms with Gasteiger partial charge in [-0.25, -0.2) is 9.69 Å². The summed E-state index contributed by atoms with van der Waals surface area (Å²) in [6.45, 7) is 2.40. The van der Waals surface area contributed by atoms with Crippen LogP contribution in [0, 0.1) is 11.8 Å². The predicted molar refractivity (Wildman–Crippen MR) is 127 cm³/mol. The maximum atomic E-state index is 14.0. The summed E-state index contributed by atoms with van der Waals surface area (Å²) in [6, 6.07) is 19.2. The summed E-state index contributed by atoms with van der Waals surface area (Å²) in [4.78, 5) is 43.3. The predicted octanol–water partition coefficient (Wildman–Crippen LogP) is 3.67. The number of thiophene rings is 1. The molecule has 0 radical (unpaired) electrons. The largest absolute Gasteiger partial charge is 0.494 e. The van der Waals surface area contributed by atoms with Gasteiger partial charge < -0.3 is 9.47 Å². The zero-order valence-corrected chi connectivity index (χ0v) is 19.6. The van der Waals surface area contributed by atoms with Gasteiger partial charge in [-0.3, -0.25) is 14.9 Å². The Hall–Kier alpha value is -3.49. The molecule has 1 N–H and O–H groups in total. The smallest absolute Gasteiger partial charge is 0.331 e. The summed E-state index contributed by atoms with van der Waals surface area (Å²) in [5.41, 5.74) is -0.461. The number of hydrogen-bond donors (Lipinski definition) is 1. The number of benzene rings is 2. The van der Waals surface area contributed by atoms with Gasteiger partial charge in [0.25, 0.3) is 0 Å². The minimum atomic E-state index is -1.50. The van der Waals surface area contributed by atoms with Crippen LogP contribution in [0.4, 0.5) is 5.69 Å². The highest BCUT2D eigenvalue weighted by molar-refractivity contribution is 7.10. The van der Waals surface area contributed by atoms with Crippen LogP contribution < -0.4 is 15.0 Å². The van der Waals surface area contributed by atoms with Crippen molar-refractivity contribution in [3.05, 3.63) is 82.6 Å². The molecule has 2 aliphatic rings. The van der Waals surface area contributed by atoms with Crippen molar-refractivity contribution in [2.45, 2.75) is 18.5 Å². The fraction of sp³-hybridized carbons (Fsp3) is 0.269. The third-order valence-corrected chi connectivity index (χ3v) is 7.51. The van der Waals surface area contributed by atoms with E-state index in [-0.39, 0.29) is 5.91 Å². The van der Waals surface area contributed by atoms with Crippen molar-refractivity contribution in [2.75, 3.05) is 18.6 Å².